The molecule has 0 aromatic heterocycles. The Balaban J connectivity index is 2.11. The largest absolute Gasteiger partial charge is 0.451 e. The van der Waals surface area contributed by atoms with Crippen LogP contribution in [-0.4, -0.2) is 13.0 Å². The van der Waals surface area contributed by atoms with Crippen molar-refractivity contribution in [2.45, 2.75) is 12.7 Å². The molecular formula is C9H9FO2. The monoisotopic (exact) mass is 168 g/mol. The maximum atomic E-state index is 11.9. The van der Waals surface area contributed by atoms with Crippen LogP contribution in [0.3, 0.4) is 0 Å². The minimum Gasteiger partial charge on any atom is -0.451 e. The van der Waals surface area contributed by atoms with E-state index in [-0.39, 0.29) is 6.42 Å². The molecule has 1 aliphatic rings. The molecule has 0 saturated heterocycles. The van der Waals surface area contributed by atoms with E-state index in [9.17, 15) is 4.39 Å². The molecule has 3 heteroatoms. The molecule has 12 heavy (non-hydrogen) atoms. The maximum Gasteiger partial charge on any atom is 0.244 e. The molecule has 1 aromatic carbocycles. The molecule has 0 radical (unpaired) electrons. The Labute approximate surface area is 69.9 Å². The molecule has 64 valence electrons. The van der Waals surface area contributed by atoms with E-state index in [0.29, 0.717) is 11.5 Å². The molecule has 0 amide bonds. The predicted octanol–water partition coefficient (Wildman–Crippen LogP) is 2.14. The Morgan fingerprint density at radius 3 is 2.25 bits per heavy atom. The highest BCUT2D eigenvalue weighted by Gasteiger charge is 2.22. The van der Waals surface area contributed by atoms with Crippen molar-refractivity contribution in [3.63, 3.8) is 0 Å². The average molecular weight is 168 g/mol. The number of benzene rings is 1. The number of fused-ring (bicyclic) bond motifs is 1. The fraction of sp³-hybridized carbons (Fsp3) is 0.333. The summed E-state index contributed by atoms with van der Waals surface area (Å²) < 4.78 is 22.5. The van der Waals surface area contributed by atoms with Crippen LogP contribution in [0.5, 0.6) is 11.5 Å². The van der Waals surface area contributed by atoms with Gasteiger partial charge < -0.3 is 9.47 Å². The Morgan fingerprint density at radius 2 is 1.75 bits per heavy atom. The number of hydrogen-bond donors (Lipinski definition) is 0. The smallest absolute Gasteiger partial charge is 0.244 e. The normalized spacial score (nSPS) is 15.1. The SMILES string of the molecule is FCCC1Oc2ccccc2O1. The summed E-state index contributed by atoms with van der Waals surface area (Å²) in [6, 6.07) is 7.35. The Morgan fingerprint density at radius 1 is 1.17 bits per heavy atom. The molecule has 1 heterocycles. The van der Waals surface area contributed by atoms with Crippen LogP contribution in [-0.2, 0) is 0 Å². The first kappa shape index (κ1) is 7.40. The molecule has 0 N–H and O–H groups in total. The van der Waals surface area contributed by atoms with E-state index < -0.39 is 13.0 Å². The Kier molecular flexibility index (Phi) is 1.86. The van der Waals surface area contributed by atoms with Gasteiger partial charge in [0.15, 0.2) is 11.5 Å². The zero-order valence-electron chi connectivity index (χ0n) is 6.50. The third kappa shape index (κ3) is 1.22. The molecule has 1 aliphatic heterocycles. The van der Waals surface area contributed by atoms with E-state index in [0.717, 1.165) is 0 Å². The quantitative estimate of drug-likeness (QED) is 0.673. The molecule has 0 unspecified atom stereocenters. The summed E-state index contributed by atoms with van der Waals surface area (Å²) in [6.45, 7) is -0.418. The van der Waals surface area contributed by atoms with Crippen LogP contribution in [0.25, 0.3) is 0 Å². The van der Waals surface area contributed by atoms with Gasteiger partial charge in [-0.1, -0.05) is 12.1 Å². The van der Waals surface area contributed by atoms with E-state index in [1.54, 1.807) is 0 Å². The summed E-state index contributed by atoms with van der Waals surface area (Å²) in [6.07, 6.45) is -0.151. The minimum atomic E-state index is -0.438. The van der Waals surface area contributed by atoms with Crippen molar-refractivity contribution in [3.8, 4) is 11.5 Å². The van der Waals surface area contributed by atoms with Crippen molar-refractivity contribution >= 4 is 0 Å². The topological polar surface area (TPSA) is 18.5 Å². The van der Waals surface area contributed by atoms with Crippen molar-refractivity contribution in [1.82, 2.24) is 0 Å². The van der Waals surface area contributed by atoms with Gasteiger partial charge in [0.2, 0.25) is 6.29 Å². The van der Waals surface area contributed by atoms with Gasteiger partial charge in [-0.25, -0.2) is 0 Å². The Bertz CT molecular complexity index is 250. The van der Waals surface area contributed by atoms with Crippen LogP contribution in [0.1, 0.15) is 6.42 Å². The summed E-state index contributed by atoms with van der Waals surface area (Å²) in [5, 5.41) is 0. The fourth-order valence-electron chi connectivity index (χ4n) is 1.16. The van der Waals surface area contributed by atoms with Crippen LogP contribution in [0, 0.1) is 0 Å². The lowest BCUT2D eigenvalue weighted by molar-refractivity contribution is 0.0362. The van der Waals surface area contributed by atoms with Gasteiger partial charge in [0.1, 0.15) is 0 Å². The molecular weight excluding hydrogens is 159 g/mol. The second-order valence-corrected chi connectivity index (χ2v) is 2.59. The highest BCUT2D eigenvalue weighted by atomic mass is 19.1. The molecule has 0 atom stereocenters. The predicted molar refractivity (Wildman–Crippen MR) is 42.1 cm³/mol. The average Bonchev–Trinajstić information content (AvgIpc) is 2.47. The van der Waals surface area contributed by atoms with Crippen molar-refractivity contribution in [2.24, 2.45) is 0 Å². The first-order chi connectivity index (χ1) is 5.90. The number of rotatable bonds is 2. The maximum absolute atomic E-state index is 11.9. The minimum absolute atomic E-state index is 0.286. The van der Waals surface area contributed by atoms with E-state index in [4.69, 9.17) is 9.47 Å². The lowest BCUT2D eigenvalue weighted by atomic mass is 10.3. The second kappa shape index (κ2) is 3.01. The number of halogens is 1. The van der Waals surface area contributed by atoms with E-state index in [1.165, 1.54) is 0 Å². The summed E-state index contributed by atoms with van der Waals surface area (Å²) in [5.41, 5.74) is 0. The third-order valence-corrected chi connectivity index (χ3v) is 1.71. The van der Waals surface area contributed by atoms with Gasteiger partial charge in [-0.2, -0.15) is 0 Å². The Hall–Kier alpha value is -1.25. The number of para-hydroxylation sites is 2. The number of hydrogen-bond acceptors (Lipinski definition) is 2. The highest BCUT2D eigenvalue weighted by molar-refractivity contribution is 5.41. The van der Waals surface area contributed by atoms with E-state index in [1.807, 2.05) is 24.3 Å². The van der Waals surface area contributed by atoms with Crippen LogP contribution in [0.2, 0.25) is 0 Å². The third-order valence-electron chi connectivity index (χ3n) is 1.71. The summed E-state index contributed by atoms with van der Waals surface area (Å²) in [4.78, 5) is 0. The first-order valence-electron chi connectivity index (χ1n) is 3.88. The van der Waals surface area contributed by atoms with Crippen molar-refractivity contribution in [2.75, 3.05) is 6.67 Å². The highest BCUT2D eigenvalue weighted by Crippen LogP contribution is 2.34. The molecule has 2 nitrogen and oxygen atoms in total. The number of alkyl halides is 1. The van der Waals surface area contributed by atoms with Crippen molar-refractivity contribution < 1.29 is 13.9 Å². The van der Waals surface area contributed by atoms with Crippen LogP contribution < -0.4 is 9.47 Å². The summed E-state index contributed by atoms with van der Waals surface area (Å²) >= 11 is 0. The fourth-order valence-corrected chi connectivity index (χ4v) is 1.16. The van der Waals surface area contributed by atoms with Gasteiger partial charge in [-0.3, -0.25) is 4.39 Å². The van der Waals surface area contributed by atoms with Gasteiger partial charge in [0, 0.05) is 0 Å². The van der Waals surface area contributed by atoms with Gasteiger partial charge in [-0.15, -0.1) is 0 Å². The van der Waals surface area contributed by atoms with Gasteiger partial charge in [-0.05, 0) is 12.1 Å². The molecule has 0 fully saturated rings. The van der Waals surface area contributed by atoms with Crippen molar-refractivity contribution in [3.05, 3.63) is 24.3 Å². The van der Waals surface area contributed by atoms with Crippen LogP contribution in [0.15, 0.2) is 24.3 Å². The van der Waals surface area contributed by atoms with Gasteiger partial charge in [0.05, 0.1) is 13.1 Å². The van der Waals surface area contributed by atoms with Crippen molar-refractivity contribution in [1.29, 1.82) is 0 Å². The molecule has 0 saturated carbocycles. The van der Waals surface area contributed by atoms with E-state index in [2.05, 4.69) is 0 Å². The van der Waals surface area contributed by atoms with Crippen LogP contribution >= 0.6 is 0 Å². The molecule has 1 aromatic rings. The molecule has 2 rings (SSSR count). The summed E-state index contributed by atoms with van der Waals surface area (Å²) in [7, 11) is 0. The summed E-state index contributed by atoms with van der Waals surface area (Å²) in [5.74, 6) is 1.41. The standard InChI is InChI=1S/C9H9FO2/c10-6-5-9-11-7-3-1-2-4-8(7)12-9/h1-4,9H,5-6H2. The zero-order valence-corrected chi connectivity index (χ0v) is 6.50. The second-order valence-electron chi connectivity index (χ2n) is 2.59. The van der Waals surface area contributed by atoms with Gasteiger partial charge in [0.25, 0.3) is 0 Å². The molecule has 0 aliphatic carbocycles. The lowest BCUT2D eigenvalue weighted by Gasteiger charge is -2.06. The lowest BCUT2D eigenvalue weighted by Crippen LogP contribution is -2.18. The van der Waals surface area contributed by atoms with Gasteiger partial charge >= 0.3 is 0 Å². The molecule has 0 bridgehead atoms. The van der Waals surface area contributed by atoms with E-state index >= 15 is 0 Å². The van der Waals surface area contributed by atoms with Crippen LogP contribution in [0.4, 0.5) is 4.39 Å². The first-order valence-corrected chi connectivity index (χ1v) is 3.88. The molecule has 0 spiro atoms. The zero-order chi connectivity index (χ0) is 8.39. The number of ether oxygens (including phenoxy) is 2.